The second-order valence-electron chi connectivity index (χ2n) is 7.00. The molecule has 0 aliphatic heterocycles. The summed E-state index contributed by atoms with van der Waals surface area (Å²) in [6, 6.07) is 19.3. The zero-order valence-electron chi connectivity index (χ0n) is 14.2. The fourth-order valence-electron chi connectivity index (χ4n) is 3.36. The lowest BCUT2D eigenvalue weighted by Gasteiger charge is -2.25. The van der Waals surface area contributed by atoms with Crippen LogP contribution in [-0.4, -0.2) is 21.3 Å². The third-order valence-electron chi connectivity index (χ3n) is 4.66. The van der Waals surface area contributed by atoms with Crippen molar-refractivity contribution in [2.24, 2.45) is 5.41 Å². The van der Waals surface area contributed by atoms with Crippen LogP contribution >= 0.6 is 0 Å². The van der Waals surface area contributed by atoms with E-state index >= 15 is 0 Å². The molecule has 0 saturated carbocycles. The Morgan fingerprint density at radius 2 is 1.52 bits per heavy atom. The van der Waals surface area contributed by atoms with Gasteiger partial charge in [-0.2, -0.15) is 5.10 Å². The Kier molecular flexibility index (Phi) is 3.42. The maximum absolute atomic E-state index is 12.9. The maximum atomic E-state index is 12.9. The van der Waals surface area contributed by atoms with Gasteiger partial charge >= 0.3 is 0 Å². The van der Waals surface area contributed by atoms with Gasteiger partial charge in [0.1, 0.15) is 0 Å². The van der Waals surface area contributed by atoms with Crippen LogP contribution in [0.15, 0.2) is 60.7 Å². The minimum Gasteiger partial charge on any atom is -0.290 e. The van der Waals surface area contributed by atoms with Crippen LogP contribution in [-0.2, 0) is 11.2 Å². The molecule has 0 bridgehead atoms. The molecule has 1 aromatic heterocycles. The maximum Gasteiger partial charge on any atom is 0.233 e. The van der Waals surface area contributed by atoms with Crippen molar-refractivity contribution in [1.82, 2.24) is 9.78 Å². The lowest BCUT2D eigenvalue weighted by molar-refractivity contribution is -0.123. The Hall–Kier alpha value is -3.01. The van der Waals surface area contributed by atoms with Crippen molar-refractivity contribution >= 4 is 11.6 Å². The predicted octanol–water partition coefficient (Wildman–Crippen LogP) is 3.87. The summed E-state index contributed by atoms with van der Waals surface area (Å²) in [4.78, 5) is 25.4. The van der Waals surface area contributed by atoms with Crippen molar-refractivity contribution in [3.63, 3.8) is 0 Å². The molecule has 0 radical (unpaired) electrons. The van der Waals surface area contributed by atoms with E-state index in [9.17, 15) is 9.59 Å². The number of rotatable bonds is 2. The van der Waals surface area contributed by atoms with Crippen molar-refractivity contribution < 1.29 is 9.59 Å². The molecule has 0 saturated heterocycles. The first kappa shape index (κ1) is 15.5. The number of nitrogens with zero attached hydrogens (tertiary/aromatic N) is 2. The van der Waals surface area contributed by atoms with E-state index in [1.54, 1.807) is 18.5 Å². The molecule has 4 rings (SSSR count). The number of aromatic nitrogens is 2. The Balaban J connectivity index is 2.03. The Morgan fingerprint density at radius 1 is 0.920 bits per heavy atom. The molecule has 0 unspecified atom stereocenters. The van der Waals surface area contributed by atoms with Gasteiger partial charge in [-0.3, -0.25) is 9.59 Å². The third kappa shape index (κ3) is 2.41. The zero-order chi connectivity index (χ0) is 17.6. The van der Waals surface area contributed by atoms with Crippen molar-refractivity contribution in [3.05, 3.63) is 71.9 Å². The molecular weight excluding hydrogens is 312 g/mol. The first-order valence-corrected chi connectivity index (χ1v) is 8.31. The number of hydrogen-bond acceptors (Lipinski definition) is 3. The van der Waals surface area contributed by atoms with E-state index in [4.69, 9.17) is 5.10 Å². The molecule has 3 aromatic rings. The minimum absolute atomic E-state index is 0.343. The normalized spacial score (nSPS) is 15.9. The number of carbonyl (C=O) groups is 2. The SMILES string of the molecule is CC1(C)Cc2nn(-c3ccccc3)c(-c3ccccc3)c2C(=O)C1=O. The molecule has 25 heavy (non-hydrogen) atoms. The quantitative estimate of drug-likeness (QED) is 0.670. The van der Waals surface area contributed by atoms with Crippen LogP contribution in [0.5, 0.6) is 0 Å². The van der Waals surface area contributed by atoms with E-state index in [0.717, 1.165) is 11.3 Å². The summed E-state index contributed by atoms with van der Waals surface area (Å²) < 4.78 is 1.78. The van der Waals surface area contributed by atoms with Gasteiger partial charge in [0.15, 0.2) is 0 Å². The lowest BCUT2D eigenvalue weighted by atomic mass is 9.74. The molecule has 4 nitrogen and oxygen atoms in total. The van der Waals surface area contributed by atoms with E-state index in [2.05, 4.69) is 0 Å². The molecule has 0 atom stereocenters. The van der Waals surface area contributed by atoms with E-state index in [1.807, 2.05) is 60.7 Å². The Labute approximate surface area is 146 Å². The van der Waals surface area contributed by atoms with Crippen LogP contribution in [0.3, 0.4) is 0 Å². The van der Waals surface area contributed by atoms with Gasteiger partial charge in [0.25, 0.3) is 0 Å². The summed E-state index contributed by atoms with van der Waals surface area (Å²) in [5, 5.41) is 4.72. The number of fused-ring (bicyclic) bond motifs is 1. The standard InChI is InChI=1S/C21H18N2O2/c1-21(2)13-16-17(19(24)20(21)25)18(14-9-5-3-6-10-14)23(22-16)15-11-7-4-8-12-15/h3-12H,13H2,1-2H3. The molecule has 124 valence electrons. The summed E-state index contributed by atoms with van der Waals surface area (Å²) in [5.74, 6) is -0.780. The van der Waals surface area contributed by atoms with Crippen molar-refractivity contribution in [2.75, 3.05) is 0 Å². The van der Waals surface area contributed by atoms with E-state index in [0.29, 0.717) is 23.4 Å². The van der Waals surface area contributed by atoms with Gasteiger partial charge in [0.05, 0.1) is 22.6 Å². The fourth-order valence-corrected chi connectivity index (χ4v) is 3.36. The van der Waals surface area contributed by atoms with Crippen LogP contribution in [0.25, 0.3) is 16.9 Å². The number of ketones is 2. The largest absolute Gasteiger partial charge is 0.290 e. The summed E-state index contributed by atoms with van der Waals surface area (Å²) >= 11 is 0. The second-order valence-corrected chi connectivity index (χ2v) is 7.00. The summed E-state index contributed by atoms with van der Waals surface area (Å²) in [6.45, 7) is 3.61. The molecule has 1 heterocycles. The average molecular weight is 330 g/mol. The molecule has 4 heteroatoms. The van der Waals surface area contributed by atoms with Gasteiger partial charge in [0.2, 0.25) is 11.6 Å². The molecule has 1 aliphatic carbocycles. The second kappa shape index (κ2) is 5.52. The van der Waals surface area contributed by atoms with Gasteiger partial charge in [-0.25, -0.2) is 4.68 Å². The van der Waals surface area contributed by atoms with Gasteiger partial charge in [-0.05, 0) is 12.1 Å². The van der Waals surface area contributed by atoms with Crippen LogP contribution in [0.1, 0.15) is 29.9 Å². The first-order valence-electron chi connectivity index (χ1n) is 8.31. The van der Waals surface area contributed by atoms with Gasteiger partial charge in [0, 0.05) is 17.4 Å². The summed E-state index contributed by atoms with van der Waals surface area (Å²) in [6.07, 6.45) is 0.465. The highest BCUT2D eigenvalue weighted by Crippen LogP contribution is 2.38. The molecule has 0 amide bonds. The molecule has 1 aliphatic rings. The van der Waals surface area contributed by atoms with Crippen LogP contribution in [0.4, 0.5) is 0 Å². The Bertz CT molecular complexity index is 970. The number of Topliss-reactive ketones (excluding diaryl/α,β-unsaturated/α-hetero) is 2. The van der Waals surface area contributed by atoms with Crippen LogP contribution in [0.2, 0.25) is 0 Å². The number of benzene rings is 2. The molecular formula is C21H18N2O2. The van der Waals surface area contributed by atoms with Crippen molar-refractivity contribution in [3.8, 4) is 16.9 Å². The molecule has 0 spiro atoms. The molecule has 2 aromatic carbocycles. The fraction of sp³-hybridized carbons (Fsp3) is 0.190. The predicted molar refractivity (Wildman–Crippen MR) is 95.8 cm³/mol. The van der Waals surface area contributed by atoms with E-state index in [-0.39, 0.29) is 5.78 Å². The summed E-state index contributed by atoms with van der Waals surface area (Å²) in [7, 11) is 0. The smallest absolute Gasteiger partial charge is 0.233 e. The highest BCUT2D eigenvalue weighted by molar-refractivity contribution is 6.47. The van der Waals surface area contributed by atoms with Gasteiger partial charge in [-0.1, -0.05) is 62.4 Å². The highest BCUT2D eigenvalue weighted by Gasteiger charge is 2.43. The third-order valence-corrected chi connectivity index (χ3v) is 4.66. The number of hydrogen-bond donors (Lipinski definition) is 0. The zero-order valence-corrected chi connectivity index (χ0v) is 14.2. The summed E-state index contributed by atoms with van der Waals surface area (Å²) in [5.41, 5.74) is 2.86. The molecule has 0 fully saturated rings. The van der Waals surface area contributed by atoms with Crippen molar-refractivity contribution in [1.29, 1.82) is 0 Å². The number of para-hydroxylation sites is 1. The van der Waals surface area contributed by atoms with E-state index < -0.39 is 11.2 Å². The Morgan fingerprint density at radius 3 is 2.16 bits per heavy atom. The first-order chi connectivity index (χ1) is 12.0. The highest BCUT2D eigenvalue weighted by atomic mass is 16.2. The van der Waals surface area contributed by atoms with Crippen LogP contribution in [0, 0.1) is 5.41 Å². The topological polar surface area (TPSA) is 52.0 Å². The monoisotopic (exact) mass is 330 g/mol. The minimum atomic E-state index is -0.714. The average Bonchev–Trinajstić information content (AvgIpc) is 3.00. The van der Waals surface area contributed by atoms with Crippen molar-refractivity contribution in [2.45, 2.75) is 20.3 Å². The molecule has 0 N–H and O–H groups in total. The lowest BCUT2D eigenvalue weighted by Crippen LogP contribution is -2.38. The van der Waals surface area contributed by atoms with Crippen LogP contribution < -0.4 is 0 Å². The van der Waals surface area contributed by atoms with Gasteiger partial charge < -0.3 is 0 Å². The van der Waals surface area contributed by atoms with E-state index in [1.165, 1.54) is 0 Å². The van der Waals surface area contributed by atoms with Gasteiger partial charge in [-0.15, -0.1) is 0 Å². The number of carbonyl (C=O) groups excluding carboxylic acids is 2.